The molecule has 0 aliphatic rings. The predicted octanol–water partition coefficient (Wildman–Crippen LogP) is -2.50. The van der Waals surface area contributed by atoms with Gasteiger partial charge in [-0.15, -0.1) is 0 Å². The van der Waals surface area contributed by atoms with Gasteiger partial charge in [-0.2, -0.15) is 6.92 Å². The van der Waals surface area contributed by atoms with Gasteiger partial charge in [0.25, 0.3) is 0 Å². The third kappa shape index (κ3) is 2.89. The standard InChI is InChI=1S/C6H5N2O.K/c1-5(9)6-2-3-7-4-8-6;/h2-4H,1H2;/q-1;+1. The van der Waals surface area contributed by atoms with E-state index in [9.17, 15) is 4.79 Å². The quantitative estimate of drug-likeness (QED) is 0.259. The number of aromatic nitrogens is 2. The summed E-state index contributed by atoms with van der Waals surface area (Å²) < 4.78 is 0. The van der Waals surface area contributed by atoms with Gasteiger partial charge >= 0.3 is 51.4 Å². The Morgan fingerprint density at radius 3 is 2.60 bits per heavy atom. The van der Waals surface area contributed by atoms with E-state index in [2.05, 4.69) is 16.9 Å². The fraction of sp³-hybridized carbons (Fsp3) is 0. The first kappa shape index (κ1) is 10.3. The second-order valence-electron chi connectivity index (χ2n) is 1.52. The molecule has 1 aromatic rings. The maximum atomic E-state index is 10.4. The van der Waals surface area contributed by atoms with Crippen LogP contribution in [0.2, 0.25) is 0 Å². The van der Waals surface area contributed by atoms with Gasteiger partial charge in [-0.3, -0.25) is 0 Å². The number of Topliss-reactive ketones (excluding diaryl/α,β-unsaturated/α-hetero) is 1. The van der Waals surface area contributed by atoms with Gasteiger partial charge in [0.15, 0.2) is 0 Å². The molecule has 0 aliphatic carbocycles. The number of hydrogen-bond acceptors (Lipinski definition) is 3. The van der Waals surface area contributed by atoms with Crippen molar-refractivity contribution in [3.05, 3.63) is 31.2 Å². The summed E-state index contributed by atoms with van der Waals surface area (Å²) in [6.45, 7) is 3.18. The molecule has 3 nitrogen and oxygen atoms in total. The van der Waals surface area contributed by atoms with E-state index in [4.69, 9.17) is 0 Å². The summed E-state index contributed by atoms with van der Waals surface area (Å²) in [6.07, 6.45) is 2.82. The van der Waals surface area contributed by atoms with E-state index in [1.807, 2.05) is 0 Å². The van der Waals surface area contributed by atoms with Crippen LogP contribution in [0.25, 0.3) is 0 Å². The van der Waals surface area contributed by atoms with Crippen LogP contribution in [0.4, 0.5) is 0 Å². The summed E-state index contributed by atoms with van der Waals surface area (Å²) in [7, 11) is 0. The van der Waals surface area contributed by atoms with Crippen molar-refractivity contribution in [2.45, 2.75) is 0 Å². The third-order valence-corrected chi connectivity index (χ3v) is 0.868. The number of ketones is 1. The Morgan fingerprint density at radius 2 is 2.30 bits per heavy atom. The maximum Gasteiger partial charge on any atom is 1.00 e. The van der Waals surface area contributed by atoms with Gasteiger partial charge in [0, 0.05) is 12.0 Å². The van der Waals surface area contributed by atoms with E-state index in [-0.39, 0.29) is 57.2 Å². The molecule has 1 heterocycles. The third-order valence-electron chi connectivity index (χ3n) is 0.868. The van der Waals surface area contributed by atoms with Gasteiger partial charge in [0.05, 0.1) is 6.33 Å². The number of carbonyl (C=O) groups excluding carboxylic acids is 1. The molecule has 0 fully saturated rings. The minimum absolute atomic E-state index is 0. The molecule has 0 radical (unpaired) electrons. The molecule has 0 unspecified atom stereocenters. The Labute approximate surface area is 102 Å². The molecule has 0 saturated carbocycles. The largest absolute Gasteiger partial charge is 1.00 e. The van der Waals surface area contributed by atoms with Crippen molar-refractivity contribution < 1.29 is 56.2 Å². The van der Waals surface area contributed by atoms with Crippen LogP contribution in [-0.2, 0) is 0 Å². The van der Waals surface area contributed by atoms with Crippen molar-refractivity contribution in [2.75, 3.05) is 0 Å². The molecule has 1 aromatic heterocycles. The molecule has 10 heavy (non-hydrogen) atoms. The average molecular weight is 160 g/mol. The second-order valence-corrected chi connectivity index (χ2v) is 1.52. The van der Waals surface area contributed by atoms with Crippen LogP contribution in [0.15, 0.2) is 18.6 Å². The van der Waals surface area contributed by atoms with E-state index < -0.39 is 0 Å². The Balaban J connectivity index is 0.000000810. The van der Waals surface area contributed by atoms with Crippen molar-refractivity contribution in [3.63, 3.8) is 0 Å². The van der Waals surface area contributed by atoms with Crippen LogP contribution in [0.1, 0.15) is 10.5 Å². The van der Waals surface area contributed by atoms with Crippen molar-refractivity contribution in [1.82, 2.24) is 9.97 Å². The number of carbonyl (C=O) groups is 1. The predicted molar refractivity (Wildman–Crippen MR) is 31.7 cm³/mol. The first-order valence-corrected chi connectivity index (χ1v) is 2.43. The number of hydrogen-bond donors (Lipinski definition) is 0. The Bertz CT molecular complexity index is 212. The zero-order chi connectivity index (χ0) is 6.69. The minimum atomic E-state index is -0.280. The topological polar surface area (TPSA) is 42.9 Å². The molecule has 0 aliphatic heterocycles. The van der Waals surface area contributed by atoms with Crippen LogP contribution in [0.5, 0.6) is 0 Å². The second kappa shape index (κ2) is 4.98. The molecule has 46 valence electrons. The van der Waals surface area contributed by atoms with Gasteiger partial charge in [0.2, 0.25) is 0 Å². The molecule has 0 aromatic carbocycles. The average Bonchev–Trinajstić information content (AvgIpc) is 1.90. The molecular weight excluding hydrogens is 155 g/mol. The summed E-state index contributed by atoms with van der Waals surface area (Å²) >= 11 is 0. The van der Waals surface area contributed by atoms with Crippen molar-refractivity contribution in [1.29, 1.82) is 0 Å². The monoisotopic (exact) mass is 160 g/mol. The van der Waals surface area contributed by atoms with E-state index in [0.29, 0.717) is 5.69 Å². The molecule has 0 amide bonds. The zero-order valence-corrected chi connectivity index (χ0v) is 8.86. The first-order chi connectivity index (χ1) is 4.30. The molecule has 0 N–H and O–H groups in total. The fourth-order valence-corrected chi connectivity index (χ4v) is 0.456. The summed E-state index contributed by atoms with van der Waals surface area (Å²) in [5, 5.41) is 0. The Morgan fingerprint density at radius 1 is 1.60 bits per heavy atom. The van der Waals surface area contributed by atoms with Crippen molar-refractivity contribution >= 4 is 5.78 Å². The number of nitrogens with zero attached hydrogens (tertiary/aromatic N) is 2. The van der Waals surface area contributed by atoms with Crippen LogP contribution in [-0.4, -0.2) is 15.8 Å². The van der Waals surface area contributed by atoms with Crippen molar-refractivity contribution in [2.24, 2.45) is 0 Å². The summed E-state index contributed by atoms with van der Waals surface area (Å²) in [5.41, 5.74) is 0.352. The van der Waals surface area contributed by atoms with Crippen LogP contribution in [0, 0.1) is 6.92 Å². The number of rotatable bonds is 1. The van der Waals surface area contributed by atoms with Gasteiger partial charge in [-0.25, -0.2) is 4.98 Å². The van der Waals surface area contributed by atoms with Crippen LogP contribution >= 0.6 is 0 Å². The van der Waals surface area contributed by atoms with Crippen LogP contribution < -0.4 is 51.4 Å². The van der Waals surface area contributed by atoms with Crippen molar-refractivity contribution in [3.8, 4) is 0 Å². The first-order valence-electron chi connectivity index (χ1n) is 2.43. The maximum absolute atomic E-state index is 10.4. The molecule has 0 spiro atoms. The SMILES string of the molecule is [CH2-]C(=O)c1ccncn1.[K+]. The fourth-order valence-electron chi connectivity index (χ4n) is 0.456. The molecule has 4 heteroatoms. The zero-order valence-electron chi connectivity index (χ0n) is 5.74. The van der Waals surface area contributed by atoms with E-state index in [1.54, 1.807) is 0 Å². The van der Waals surface area contributed by atoms with E-state index >= 15 is 0 Å². The summed E-state index contributed by atoms with van der Waals surface area (Å²) in [6, 6.07) is 1.52. The normalized spacial score (nSPS) is 8.00. The van der Waals surface area contributed by atoms with Gasteiger partial charge in [0.1, 0.15) is 0 Å². The Hall–Kier alpha value is 0.256. The molecule has 0 atom stereocenters. The smallest absolute Gasteiger partial charge is 0.331 e. The van der Waals surface area contributed by atoms with Gasteiger partial charge in [-0.1, -0.05) is 6.07 Å². The summed E-state index contributed by atoms with van der Waals surface area (Å²) in [5.74, 6) is -0.280. The summed E-state index contributed by atoms with van der Waals surface area (Å²) in [4.78, 5) is 17.7. The Kier molecular flexibility index (Phi) is 5.11. The molecule has 0 saturated heterocycles. The minimum Gasteiger partial charge on any atom is -0.331 e. The molecule has 1 rings (SSSR count). The van der Waals surface area contributed by atoms with E-state index in [0.717, 1.165) is 0 Å². The van der Waals surface area contributed by atoms with E-state index in [1.165, 1.54) is 18.6 Å². The molecular formula is C6H5KN2O. The van der Waals surface area contributed by atoms with Gasteiger partial charge in [-0.05, 0) is 5.69 Å². The van der Waals surface area contributed by atoms with Crippen LogP contribution in [0.3, 0.4) is 0 Å². The molecule has 0 bridgehead atoms. The van der Waals surface area contributed by atoms with Gasteiger partial charge < -0.3 is 9.78 Å².